The first kappa shape index (κ1) is 17.6. The van der Waals surface area contributed by atoms with Crippen molar-refractivity contribution in [3.8, 4) is 0 Å². The summed E-state index contributed by atoms with van der Waals surface area (Å²) in [6.45, 7) is 2.15. The number of piperidine rings is 1. The normalized spacial score (nSPS) is 19.6. The highest BCUT2D eigenvalue weighted by molar-refractivity contribution is 5.91. The molecule has 1 aromatic carbocycles. The van der Waals surface area contributed by atoms with Crippen LogP contribution in [0.1, 0.15) is 41.0 Å². The first-order valence-electron chi connectivity index (χ1n) is 8.50. The molecule has 0 unspecified atom stereocenters. The number of hydrogen-bond donors (Lipinski definition) is 2. The number of likely N-dealkylation sites (tertiary alicyclic amines) is 1. The van der Waals surface area contributed by atoms with E-state index in [0.717, 1.165) is 25.9 Å². The van der Waals surface area contributed by atoms with Crippen molar-refractivity contribution in [3.63, 3.8) is 0 Å². The fourth-order valence-corrected chi connectivity index (χ4v) is 3.24. The van der Waals surface area contributed by atoms with Gasteiger partial charge in [-0.15, -0.1) is 0 Å². The van der Waals surface area contributed by atoms with E-state index < -0.39 is 6.10 Å². The van der Waals surface area contributed by atoms with E-state index in [1.54, 1.807) is 25.2 Å². The SMILES string of the molecule is CNC(=O)c1ccn([C@H]2CCCN(C[C@@H](O)c3ccc(F)cc3)C2)n1. The fourth-order valence-electron chi connectivity index (χ4n) is 3.24. The van der Waals surface area contributed by atoms with Gasteiger partial charge in [-0.3, -0.25) is 14.4 Å². The predicted molar refractivity (Wildman–Crippen MR) is 91.7 cm³/mol. The maximum absolute atomic E-state index is 13.0. The van der Waals surface area contributed by atoms with E-state index in [0.29, 0.717) is 17.8 Å². The molecule has 2 atom stereocenters. The summed E-state index contributed by atoms with van der Waals surface area (Å²) in [5, 5.41) is 17.3. The van der Waals surface area contributed by atoms with E-state index in [2.05, 4.69) is 15.3 Å². The summed E-state index contributed by atoms with van der Waals surface area (Å²) in [6, 6.07) is 7.84. The van der Waals surface area contributed by atoms with Gasteiger partial charge in [-0.05, 0) is 43.1 Å². The van der Waals surface area contributed by atoms with E-state index in [-0.39, 0.29) is 17.8 Å². The fraction of sp³-hybridized carbons (Fsp3) is 0.444. The van der Waals surface area contributed by atoms with Crippen LogP contribution in [0.3, 0.4) is 0 Å². The van der Waals surface area contributed by atoms with Crippen LogP contribution in [0.2, 0.25) is 0 Å². The Morgan fingerprint density at radius 1 is 1.40 bits per heavy atom. The third kappa shape index (κ3) is 4.24. The molecule has 1 amide bonds. The first-order valence-corrected chi connectivity index (χ1v) is 8.50. The number of aliphatic hydroxyl groups is 1. The molecule has 0 saturated carbocycles. The number of aliphatic hydroxyl groups excluding tert-OH is 1. The van der Waals surface area contributed by atoms with Crippen LogP contribution in [0.15, 0.2) is 36.5 Å². The Labute approximate surface area is 146 Å². The van der Waals surface area contributed by atoms with Crippen molar-refractivity contribution in [3.05, 3.63) is 53.6 Å². The second kappa shape index (κ2) is 7.76. The lowest BCUT2D eigenvalue weighted by atomic mass is 10.0. The summed E-state index contributed by atoms with van der Waals surface area (Å²) in [7, 11) is 1.58. The standard InChI is InChI=1S/C18H23FN4O2/c1-20-18(25)16-8-10-23(21-16)15-3-2-9-22(11-15)12-17(24)13-4-6-14(19)7-5-13/h4-8,10,15,17,24H,2-3,9,11-12H2,1H3,(H,20,25)/t15-,17+/m0/s1. The van der Waals surface area contributed by atoms with Crippen molar-refractivity contribution in [2.45, 2.75) is 25.0 Å². The van der Waals surface area contributed by atoms with E-state index in [4.69, 9.17) is 0 Å². The number of carbonyl (C=O) groups excluding carboxylic acids is 1. The average Bonchev–Trinajstić information content (AvgIpc) is 3.12. The number of rotatable bonds is 5. The van der Waals surface area contributed by atoms with E-state index in [9.17, 15) is 14.3 Å². The van der Waals surface area contributed by atoms with Gasteiger partial charge >= 0.3 is 0 Å². The van der Waals surface area contributed by atoms with E-state index in [1.807, 2.05) is 10.9 Å². The molecular weight excluding hydrogens is 323 g/mol. The van der Waals surface area contributed by atoms with Crippen molar-refractivity contribution in [2.24, 2.45) is 0 Å². The van der Waals surface area contributed by atoms with Crippen LogP contribution in [-0.2, 0) is 0 Å². The minimum absolute atomic E-state index is 0.174. The first-order chi connectivity index (χ1) is 12.1. The lowest BCUT2D eigenvalue weighted by Crippen LogP contribution is -2.39. The Morgan fingerprint density at radius 3 is 2.88 bits per heavy atom. The van der Waals surface area contributed by atoms with Crippen LogP contribution in [0, 0.1) is 5.82 Å². The second-order valence-corrected chi connectivity index (χ2v) is 6.38. The summed E-state index contributed by atoms with van der Waals surface area (Å²) >= 11 is 0. The van der Waals surface area contributed by atoms with Crippen molar-refractivity contribution in [2.75, 3.05) is 26.7 Å². The predicted octanol–water partition coefficient (Wildman–Crippen LogP) is 1.75. The minimum atomic E-state index is -0.654. The van der Waals surface area contributed by atoms with Gasteiger partial charge in [0.15, 0.2) is 0 Å². The number of β-amino-alcohol motifs (C(OH)–C–C–N with tert-alkyl or cyclic N) is 1. The molecule has 2 heterocycles. The number of hydrogen-bond acceptors (Lipinski definition) is 4. The van der Waals surface area contributed by atoms with Gasteiger partial charge < -0.3 is 10.4 Å². The molecule has 1 saturated heterocycles. The number of nitrogens with zero attached hydrogens (tertiary/aromatic N) is 3. The van der Waals surface area contributed by atoms with Gasteiger partial charge in [-0.1, -0.05) is 12.1 Å². The number of nitrogens with one attached hydrogen (secondary N) is 1. The average molecular weight is 346 g/mol. The van der Waals surface area contributed by atoms with Crippen LogP contribution in [0.25, 0.3) is 0 Å². The molecule has 6 nitrogen and oxygen atoms in total. The quantitative estimate of drug-likeness (QED) is 0.865. The highest BCUT2D eigenvalue weighted by Gasteiger charge is 2.24. The molecule has 0 aliphatic carbocycles. The Hall–Kier alpha value is -2.25. The molecule has 3 rings (SSSR count). The molecule has 1 aliphatic rings. The zero-order valence-electron chi connectivity index (χ0n) is 14.2. The Morgan fingerprint density at radius 2 is 2.16 bits per heavy atom. The van der Waals surface area contributed by atoms with Crippen LogP contribution in [0.5, 0.6) is 0 Å². The lowest BCUT2D eigenvalue weighted by molar-refractivity contribution is 0.0836. The van der Waals surface area contributed by atoms with Crippen LogP contribution in [-0.4, -0.2) is 52.4 Å². The molecule has 1 aliphatic heterocycles. The molecule has 0 radical (unpaired) electrons. The Balaban J connectivity index is 1.62. The third-order valence-corrected chi connectivity index (χ3v) is 4.61. The largest absolute Gasteiger partial charge is 0.387 e. The van der Waals surface area contributed by atoms with Gasteiger partial charge in [0.25, 0.3) is 5.91 Å². The zero-order valence-corrected chi connectivity index (χ0v) is 14.2. The van der Waals surface area contributed by atoms with Gasteiger partial charge in [0.05, 0.1) is 12.1 Å². The molecular formula is C18H23FN4O2. The third-order valence-electron chi connectivity index (χ3n) is 4.61. The van der Waals surface area contributed by atoms with Gasteiger partial charge in [0, 0.05) is 26.3 Å². The molecule has 2 N–H and O–H groups in total. The van der Waals surface area contributed by atoms with Gasteiger partial charge in [0.2, 0.25) is 0 Å². The van der Waals surface area contributed by atoms with E-state index in [1.165, 1.54) is 12.1 Å². The van der Waals surface area contributed by atoms with Gasteiger partial charge in [-0.25, -0.2) is 4.39 Å². The number of amides is 1. The molecule has 1 aromatic heterocycles. The molecule has 2 aromatic rings. The van der Waals surface area contributed by atoms with Crippen molar-refractivity contribution < 1.29 is 14.3 Å². The molecule has 1 fully saturated rings. The van der Waals surface area contributed by atoms with Crippen LogP contribution in [0.4, 0.5) is 4.39 Å². The molecule has 7 heteroatoms. The summed E-state index contributed by atoms with van der Waals surface area (Å²) < 4.78 is 14.8. The second-order valence-electron chi connectivity index (χ2n) is 6.38. The number of carbonyl (C=O) groups is 1. The number of halogens is 1. The minimum Gasteiger partial charge on any atom is -0.387 e. The zero-order chi connectivity index (χ0) is 17.8. The number of benzene rings is 1. The smallest absolute Gasteiger partial charge is 0.271 e. The Kier molecular flexibility index (Phi) is 5.45. The maximum Gasteiger partial charge on any atom is 0.271 e. The van der Waals surface area contributed by atoms with Crippen molar-refractivity contribution >= 4 is 5.91 Å². The number of aromatic nitrogens is 2. The summed E-state index contributed by atoms with van der Waals surface area (Å²) in [4.78, 5) is 13.8. The van der Waals surface area contributed by atoms with Gasteiger partial charge in [0.1, 0.15) is 11.5 Å². The maximum atomic E-state index is 13.0. The van der Waals surface area contributed by atoms with Crippen molar-refractivity contribution in [1.82, 2.24) is 20.0 Å². The van der Waals surface area contributed by atoms with E-state index >= 15 is 0 Å². The highest BCUT2D eigenvalue weighted by Crippen LogP contribution is 2.23. The van der Waals surface area contributed by atoms with Gasteiger partial charge in [-0.2, -0.15) is 5.10 Å². The van der Waals surface area contributed by atoms with Crippen molar-refractivity contribution in [1.29, 1.82) is 0 Å². The summed E-state index contributed by atoms with van der Waals surface area (Å²) in [5.74, 6) is -0.502. The lowest BCUT2D eigenvalue weighted by Gasteiger charge is -2.34. The molecule has 0 spiro atoms. The summed E-state index contributed by atoms with van der Waals surface area (Å²) in [5.41, 5.74) is 1.12. The topological polar surface area (TPSA) is 70.4 Å². The monoisotopic (exact) mass is 346 g/mol. The highest BCUT2D eigenvalue weighted by atomic mass is 19.1. The molecule has 25 heavy (non-hydrogen) atoms. The summed E-state index contributed by atoms with van der Waals surface area (Å²) in [6.07, 6.45) is 3.15. The molecule has 134 valence electrons. The van der Waals surface area contributed by atoms with Crippen LogP contribution < -0.4 is 5.32 Å². The Bertz CT molecular complexity index is 716. The molecule has 0 bridgehead atoms. The van der Waals surface area contributed by atoms with Crippen LogP contribution >= 0.6 is 0 Å².